The Morgan fingerprint density at radius 2 is 2.11 bits per heavy atom. The molecule has 19 heavy (non-hydrogen) atoms. The van der Waals surface area contributed by atoms with E-state index in [1.165, 1.54) is 31.7 Å². The van der Waals surface area contributed by atoms with Crippen LogP contribution in [0.4, 0.5) is 4.39 Å². The summed E-state index contributed by atoms with van der Waals surface area (Å²) in [5.74, 6) is 5.62. The number of hydrazine groups is 1. The van der Waals surface area contributed by atoms with Crippen molar-refractivity contribution in [1.82, 2.24) is 5.43 Å². The van der Waals surface area contributed by atoms with Gasteiger partial charge < -0.3 is 0 Å². The Morgan fingerprint density at radius 1 is 1.42 bits per heavy atom. The minimum atomic E-state index is -0.146. The summed E-state index contributed by atoms with van der Waals surface area (Å²) in [6.45, 7) is 2.22. The molecule has 1 saturated carbocycles. The summed E-state index contributed by atoms with van der Waals surface area (Å²) in [4.78, 5) is 0. The minimum absolute atomic E-state index is 0.142. The van der Waals surface area contributed by atoms with E-state index < -0.39 is 0 Å². The van der Waals surface area contributed by atoms with Crippen LogP contribution in [0.15, 0.2) is 22.7 Å². The summed E-state index contributed by atoms with van der Waals surface area (Å²) in [6.07, 6.45) is 6.63. The van der Waals surface area contributed by atoms with Gasteiger partial charge >= 0.3 is 0 Å². The SMILES string of the molecule is CCC1(C(Cc2cc(Br)ccc2F)NN)CCCC1. The van der Waals surface area contributed by atoms with Crippen LogP contribution in [0.3, 0.4) is 0 Å². The molecule has 1 aromatic carbocycles. The number of hydrogen-bond donors (Lipinski definition) is 2. The van der Waals surface area contributed by atoms with E-state index in [0.29, 0.717) is 6.42 Å². The monoisotopic (exact) mass is 328 g/mol. The van der Waals surface area contributed by atoms with E-state index in [1.807, 2.05) is 6.07 Å². The van der Waals surface area contributed by atoms with Crippen molar-refractivity contribution in [3.63, 3.8) is 0 Å². The molecule has 2 rings (SSSR count). The molecule has 0 radical (unpaired) electrons. The lowest BCUT2D eigenvalue weighted by Gasteiger charge is -2.36. The molecule has 1 fully saturated rings. The summed E-state index contributed by atoms with van der Waals surface area (Å²) >= 11 is 3.40. The van der Waals surface area contributed by atoms with E-state index >= 15 is 0 Å². The molecule has 1 aromatic rings. The molecule has 1 unspecified atom stereocenters. The van der Waals surface area contributed by atoms with Crippen LogP contribution >= 0.6 is 15.9 Å². The van der Waals surface area contributed by atoms with Crippen molar-refractivity contribution in [2.45, 2.75) is 51.5 Å². The number of nitrogens with two attached hydrogens (primary N) is 1. The highest BCUT2D eigenvalue weighted by molar-refractivity contribution is 9.10. The molecule has 3 N–H and O–H groups in total. The second-order valence-corrected chi connectivity index (χ2v) is 6.50. The average Bonchev–Trinajstić information content (AvgIpc) is 2.89. The van der Waals surface area contributed by atoms with Crippen LogP contribution < -0.4 is 11.3 Å². The van der Waals surface area contributed by atoms with Gasteiger partial charge in [0.25, 0.3) is 0 Å². The zero-order valence-corrected chi connectivity index (χ0v) is 13.0. The van der Waals surface area contributed by atoms with Gasteiger partial charge in [0.2, 0.25) is 0 Å². The lowest BCUT2D eigenvalue weighted by Crippen LogP contribution is -2.48. The third-order valence-corrected chi connectivity index (χ3v) is 5.17. The van der Waals surface area contributed by atoms with Crippen molar-refractivity contribution in [3.8, 4) is 0 Å². The molecule has 1 aliphatic carbocycles. The van der Waals surface area contributed by atoms with Crippen molar-refractivity contribution >= 4 is 15.9 Å². The van der Waals surface area contributed by atoms with Crippen LogP contribution in [0, 0.1) is 11.2 Å². The normalized spacial score (nSPS) is 19.6. The molecule has 4 heteroatoms. The van der Waals surface area contributed by atoms with Crippen LogP contribution in [0.5, 0.6) is 0 Å². The highest BCUT2D eigenvalue weighted by Crippen LogP contribution is 2.44. The Morgan fingerprint density at radius 3 is 2.68 bits per heavy atom. The molecule has 0 amide bonds. The van der Waals surface area contributed by atoms with Crippen molar-refractivity contribution in [1.29, 1.82) is 0 Å². The van der Waals surface area contributed by atoms with Gasteiger partial charge in [-0.1, -0.05) is 35.7 Å². The number of rotatable bonds is 5. The number of halogens is 2. The van der Waals surface area contributed by atoms with Crippen LogP contribution in [0.2, 0.25) is 0 Å². The smallest absolute Gasteiger partial charge is 0.126 e. The van der Waals surface area contributed by atoms with Gasteiger partial charge in [0.15, 0.2) is 0 Å². The molecule has 1 aliphatic rings. The van der Waals surface area contributed by atoms with Gasteiger partial charge in [-0.25, -0.2) is 4.39 Å². The highest BCUT2D eigenvalue weighted by atomic mass is 79.9. The summed E-state index contributed by atoms with van der Waals surface area (Å²) in [7, 11) is 0. The van der Waals surface area contributed by atoms with Gasteiger partial charge in [0.1, 0.15) is 5.82 Å². The van der Waals surface area contributed by atoms with Gasteiger partial charge in [-0.05, 0) is 54.9 Å². The van der Waals surface area contributed by atoms with Gasteiger partial charge in [-0.3, -0.25) is 11.3 Å². The molecule has 106 valence electrons. The molecular weight excluding hydrogens is 307 g/mol. The fourth-order valence-electron chi connectivity index (χ4n) is 3.40. The second kappa shape index (κ2) is 6.33. The third-order valence-electron chi connectivity index (χ3n) is 4.68. The Kier molecular flexibility index (Phi) is 4.98. The zero-order valence-electron chi connectivity index (χ0n) is 11.4. The summed E-state index contributed by atoms with van der Waals surface area (Å²) in [6, 6.07) is 5.25. The predicted molar refractivity (Wildman–Crippen MR) is 80.1 cm³/mol. The summed E-state index contributed by atoms with van der Waals surface area (Å²) < 4.78 is 14.8. The molecule has 0 heterocycles. The fourth-order valence-corrected chi connectivity index (χ4v) is 3.81. The number of nitrogens with one attached hydrogen (secondary N) is 1. The Labute approximate surface area is 123 Å². The quantitative estimate of drug-likeness (QED) is 0.634. The molecule has 2 nitrogen and oxygen atoms in total. The molecule has 1 atom stereocenters. The summed E-state index contributed by atoms with van der Waals surface area (Å²) in [5.41, 5.74) is 3.91. The van der Waals surface area contributed by atoms with Crippen molar-refractivity contribution in [2.75, 3.05) is 0 Å². The first-order valence-corrected chi connectivity index (χ1v) is 7.80. The first-order valence-electron chi connectivity index (χ1n) is 7.01. The summed E-state index contributed by atoms with van der Waals surface area (Å²) in [5, 5.41) is 0. The van der Waals surface area contributed by atoms with E-state index in [0.717, 1.165) is 16.5 Å². The maximum atomic E-state index is 13.9. The van der Waals surface area contributed by atoms with Crippen molar-refractivity contribution in [2.24, 2.45) is 11.3 Å². The highest BCUT2D eigenvalue weighted by Gasteiger charge is 2.39. The molecule has 0 aromatic heterocycles. The zero-order chi connectivity index (χ0) is 13.9. The van der Waals surface area contributed by atoms with Crippen molar-refractivity contribution in [3.05, 3.63) is 34.1 Å². The topological polar surface area (TPSA) is 38.0 Å². The van der Waals surface area contributed by atoms with Crippen LogP contribution in [-0.4, -0.2) is 6.04 Å². The van der Waals surface area contributed by atoms with Crippen molar-refractivity contribution < 1.29 is 4.39 Å². The molecule has 0 aliphatic heterocycles. The molecule has 0 saturated heterocycles. The number of hydrogen-bond acceptors (Lipinski definition) is 2. The van der Waals surface area contributed by atoms with Crippen LogP contribution in [-0.2, 0) is 6.42 Å². The molecule has 0 bridgehead atoms. The Bertz CT molecular complexity index is 430. The molecular formula is C15H22BrFN2. The predicted octanol–water partition coefficient (Wildman–Crippen LogP) is 3.93. The maximum absolute atomic E-state index is 13.9. The van der Waals surface area contributed by atoms with E-state index in [9.17, 15) is 4.39 Å². The third kappa shape index (κ3) is 3.18. The standard InChI is InChI=1S/C15H22BrFN2/c1-2-15(7-3-4-8-15)14(19-18)10-11-9-12(16)5-6-13(11)17/h5-6,9,14,19H,2-4,7-8,10,18H2,1H3. The second-order valence-electron chi connectivity index (χ2n) is 5.58. The van der Waals surface area contributed by atoms with Gasteiger partial charge in [-0.15, -0.1) is 0 Å². The minimum Gasteiger partial charge on any atom is -0.271 e. The maximum Gasteiger partial charge on any atom is 0.126 e. The van der Waals surface area contributed by atoms with Gasteiger partial charge in [0, 0.05) is 10.5 Å². The average molecular weight is 329 g/mol. The molecule has 0 spiro atoms. The first kappa shape index (κ1) is 14.9. The Hall–Kier alpha value is -0.450. The van der Waals surface area contributed by atoms with E-state index in [1.54, 1.807) is 6.07 Å². The fraction of sp³-hybridized carbons (Fsp3) is 0.600. The lowest BCUT2D eigenvalue weighted by atomic mass is 9.74. The van der Waals surface area contributed by atoms with E-state index in [4.69, 9.17) is 5.84 Å². The van der Waals surface area contributed by atoms with Gasteiger partial charge in [-0.2, -0.15) is 0 Å². The Balaban J connectivity index is 2.21. The van der Waals surface area contributed by atoms with Crippen LogP contribution in [0.1, 0.15) is 44.6 Å². The van der Waals surface area contributed by atoms with Crippen LogP contribution in [0.25, 0.3) is 0 Å². The number of benzene rings is 1. The largest absolute Gasteiger partial charge is 0.271 e. The first-order chi connectivity index (χ1) is 9.11. The van der Waals surface area contributed by atoms with E-state index in [-0.39, 0.29) is 17.3 Å². The van der Waals surface area contributed by atoms with E-state index in [2.05, 4.69) is 28.3 Å². The van der Waals surface area contributed by atoms with Gasteiger partial charge in [0.05, 0.1) is 0 Å². The lowest BCUT2D eigenvalue weighted by molar-refractivity contribution is 0.184.